The van der Waals surface area contributed by atoms with Crippen LogP contribution in [0.4, 0.5) is 0 Å². The van der Waals surface area contributed by atoms with E-state index in [2.05, 4.69) is 50.8 Å². The first-order valence-corrected chi connectivity index (χ1v) is 7.53. The molecule has 0 amide bonds. The van der Waals surface area contributed by atoms with E-state index >= 15 is 0 Å². The molecule has 0 aliphatic carbocycles. The summed E-state index contributed by atoms with van der Waals surface area (Å²) in [5.41, 5.74) is 10.1. The van der Waals surface area contributed by atoms with Crippen LogP contribution in [0, 0.1) is 25.7 Å². The monoisotopic (exact) mass is 260 g/mol. The van der Waals surface area contributed by atoms with Crippen LogP contribution in [-0.2, 0) is 0 Å². The Labute approximate surface area is 118 Å². The van der Waals surface area contributed by atoms with Gasteiger partial charge in [0, 0.05) is 19.1 Å². The second-order valence-corrected chi connectivity index (χ2v) is 6.46. The lowest BCUT2D eigenvalue weighted by Crippen LogP contribution is -2.32. The van der Waals surface area contributed by atoms with E-state index in [-0.39, 0.29) is 0 Å². The van der Waals surface area contributed by atoms with Crippen LogP contribution in [0.2, 0.25) is 0 Å². The maximum atomic E-state index is 6.06. The largest absolute Gasteiger partial charge is 0.329 e. The molecular formula is C17H28N2. The Morgan fingerprint density at radius 3 is 2.32 bits per heavy atom. The average molecular weight is 260 g/mol. The topological polar surface area (TPSA) is 29.3 Å². The van der Waals surface area contributed by atoms with Gasteiger partial charge < -0.3 is 5.73 Å². The van der Waals surface area contributed by atoms with Crippen molar-refractivity contribution in [2.75, 3.05) is 19.6 Å². The number of likely N-dealkylation sites (tertiary alicyclic amines) is 1. The van der Waals surface area contributed by atoms with Crippen LogP contribution in [0.5, 0.6) is 0 Å². The number of nitrogens with two attached hydrogens (primary N) is 1. The molecule has 19 heavy (non-hydrogen) atoms. The Balaban J connectivity index is 2.16. The molecule has 1 heterocycles. The summed E-state index contributed by atoms with van der Waals surface area (Å²) in [4.78, 5) is 2.58. The molecule has 2 heteroatoms. The van der Waals surface area contributed by atoms with E-state index in [1.54, 1.807) is 0 Å². The first kappa shape index (κ1) is 14.5. The van der Waals surface area contributed by atoms with E-state index in [1.165, 1.54) is 36.2 Å². The molecule has 1 saturated heterocycles. The first-order valence-electron chi connectivity index (χ1n) is 7.53. The van der Waals surface area contributed by atoms with Crippen molar-refractivity contribution >= 4 is 0 Å². The number of nitrogens with zero attached hydrogens (tertiary/aromatic N) is 1. The highest BCUT2D eigenvalue weighted by Crippen LogP contribution is 2.31. The average Bonchev–Trinajstić information content (AvgIpc) is 2.78. The van der Waals surface area contributed by atoms with Crippen molar-refractivity contribution in [2.24, 2.45) is 17.6 Å². The van der Waals surface area contributed by atoms with Crippen LogP contribution in [-0.4, -0.2) is 24.5 Å². The zero-order chi connectivity index (χ0) is 14.0. The van der Waals surface area contributed by atoms with Gasteiger partial charge in [-0.3, -0.25) is 4.90 Å². The van der Waals surface area contributed by atoms with Crippen molar-refractivity contribution in [1.29, 1.82) is 0 Å². The molecule has 2 atom stereocenters. The summed E-state index contributed by atoms with van der Waals surface area (Å²) in [5, 5.41) is 0. The maximum absolute atomic E-state index is 6.06. The Bertz CT molecular complexity index is 405. The number of rotatable bonds is 4. The molecule has 0 aromatic heterocycles. The third kappa shape index (κ3) is 3.37. The molecule has 0 spiro atoms. The van der Waals surface area contributed by atoms with Gasteiger partial charge in [-0.05, 0) is 44.2 Å². The van der Waals surface area contributed by atoms with Crippen LogP contribution in [0.15, 0.2) is 18.2 Å². The van der Waals surface area contributed by atoms with Gasteiger partial charge in [0.2, 0.25) is 0 Å². The van der Waals surface area contributed by atoms with Gasteiger partial charge in [-0.1, -0.05) is 43.2 Å². The molecule has 2 N–H and O–H groups in total. The number of benzene rings is 1. The lowest BCUT2D eigenvalue weighted by Gasteiger charge is -2.28. The fraction of sp³-hybridized carbons (Fsp3) is 0.647. The van der Waals surface area contributed by atoms with Crippen LogP contribution < -0.4 is 5.73 Å². The van der Waals surface area contributed by atoms with Crippen molar-refractivity contribution in [3.05, 3.63) is 34.9 Å². The summed E-state index contributed by atoms with van der Waals surface area (Å²) in [6.07, 6.45) is 1.32. The molecule has 1 aliphatic heterocycles. The summed E-state index contributed by atoms with van der Waals surface area (Å²) in [7, 11) is 0. The highest BCUT2D eigenvalue weighted by Gasteiger charge is 2.29. The second-order valence-electron chi connectivity index (χ2n) is 6.46. The van der Waals surface area contributed by atoms with Crippen molar-refractivity contribution in [1.82, 2.24) is 4.90 Å². The highest BCUT2D eigenvalue weighted by molar-refractivity contribution is 5.31. The van der Waals surface area contributed by atoms with Crippen LogP contribution >= 0.6 is 0 Å². The predicted molar refractivity (Wildman–Crippen MR) is 82.2 cm³/mol. The second kappa shape index (κ2) is 6.06. The molecule has 2 unspecified atom stereocenters. The molecule has 1 aromatic carbocycles. The van der Waals surface area contributed by atoms with Crippen LogP contribution in [0.1, 0.15) is 43.0 Å². The minimum absolute atomic E-state index is 0.391. The summed E-state index contributed by atoms with van der Waals surface area (Å²) >= 11 is 0. The smallest absolute Gasteiger partial charge is 0.0470 e. The van der Waals surface area contributed by atoms with E-state index in [0.29, 0.717) is 12.6 Å². The van der Waals surface area contributed by atoms with E-state index < -0.39 is 0 Å². The van der Waals surface area contributed by atoms with Crippen molar-refractivity contribution in [2.45, 2.75) is 40.2 Å². The molecule has 1 fully saturated rings. The standard InChI is InChI=1S/C17H28N2/c1-12(2)15-5-6-19(11-15)17(10-18)16-8-13(3)7-14(4)9-16/h7-9,12,15,17H,5-6,10-11,18H2,1-4H3. The fourth-order valence-electron chi connectivity index (χ4n) is 3.34. The minimum Gasteiger partial charge on any atom is -0.329 e. The van der Waals surface area contributed by atoms with Gasteiger partial charge in [0.05, 0.1) is 0 Å². The van der Waals surface area contributed by atoms with Gasteiger partial charge >= 0.3 is 0 Å². The molecule has 2 nitrogen and oxygen atoms in total. The minimum atomic E-state index is 0.391. The van der Waals surface area contributed by atoms with Gasteiger partial charge in [-0.15, -0.1) is 0 Å². The Morgan fingerprint density at radius 1 is 1.21 bits per heavy atom. The summed E-state index contributed by atoms with van der Waals surface area (Å²) in [6, 6.07) is 7.22. The zero-order valence-corrected chi connectivity index (χ0v) is 12.8. The van der Waals surface area contributed by atoms with Crippen LogP contribution in [0.25, 0.3) is 0 Å². The normalized spacial score (nSPS) is 22.1. The first-order chi connectivity index (χ1) is 9.01. The molecular weight excluding hydrogens is 232 g/mol. The van der Waals surface area contributed by atoms with Crippen molar-refractivity contribution in [3.63, 3.8) is 0 Å². The van der Waals surface area contributed by atoms with Gasteiger partial charge in [0.1, 0.15) is 0 Å². The number of hydrogen-bond donors (Lipinski definition) is 1. The summed E-state index contributed by atoms with van der Waals surface area (Å²) in [5.74, 6) is 1.61. The number of hydrogen-bond acceptors (Lipinski definition) is 2. The molecule has 1 aliphatic rings. The maximum Gasteiger partial charge on any atom is 0.0470 e. The lowest BCUT2D eigenvalue weighted by molar-refractivity contribution is 0.232. The van der Waals surface area contributed by atoms with Crippen molar-refractivity contribution in [3.8, 4) is 0 Å². The van der Waals surface area contributed by atoms with Gasteiger partial charge in [0.25, 0.3) is 0 Å². The van der Waals surface area contributed by atoms with Gasteiger partial charge in [-0.2, -0.15) is 0 Å². The predicted octanol–water partition coefficient (Wildman–Crippen LogP) is 3.28. The van der Waals surface area contributed by atoms with E-state index in [4.69, 9.17) is 5.73 Å². The van der Waals surface area contributed by atoms with E-state index in [0.717, 1.165) is 11.8 Å². The zero-order valence-electron chi connectivity index (χ0n) is 12.8. The fourth-order valence-corrected chi connectivity index (χ4v) is 3.34. The Kier molecular flexibility index (Phi) is 4.64. The highest BCUT2D eigenvalue weighted by atomic mass is 15.2. The van der Waals surface area contributed by atoms with Crippen molar-refractivity contribution < 1.29 is 0 Å². The molecule has 0 saturated carbocycles. The third-order valence-corrected chi connectivity index (χ3v) is 4.49. The summed E-state index contributed by atoms with van der Waals surface area (Å²) < 4.78 is 0. The van der Waals surface area contributed by atoms with Crippen LogP contribution in [0.3, 0.4) is 0 Å². The van der Waals surface area contributed by atoms with Gasteiger partial charge in [0.15, 0.2) is 0 Å². The van der Waals surface area contributed by atoms with E-state index in [9.17, 15) is 0 Å². The van der Waals surface area contributed by atoms with Gasteiger partial charge in [-0.25, -0.2) is 0 Å². The summed E-state index contributed by atoms with van der Waals surface area (Å²) in [6.45, 7) is 12.1. The lowest BCUT2D eigenvalue weighted by atomic mass is 9.95. The molecule has 0 radical (unpaired) electrons. The Morgan fingerprint density at radius 2 is 1.84 bits per heavy atom. The third-order valence-electron chi connectivity index (χ3n) is 4.49. The SMILES string of the molecule is Cc1cc(C)cc(C(CN)N2CCC(C(C)C)C2)c1. The molecule has 0 bridgehead atoms. The number of aryl methyl sites for hydroxylation is 2. The van der Waals surface area contributed by atoms with E-state index in [1.807, 2.05) is 0 Å². The Hall–Kier alpha value is -0.860. The molecule has 1 aromatic rings. The molecule has 2 rings (SSSR count). The quantitative estimate of drug-likeness (QED) is 0.900. The molecule has 106 valence electrons.